The maximum absolute atomic E-state index is 8.79. The van der Waals surface area contributed by atoms with Crippen LogP contribution in [-0.4, -0.2) is 11.2 Å². The van der Waals surface area contributed by atoms with Crippen molar-refractivity contribution < 1.29 is 5.11 Å². The maximum atomic E-state index is 8.79. The fraction of sp³-hybridized carbons (Fsp3) is 0.714. The quantitative estimate of drug-likeness (QED) is 0.529. The Labute approximate surface area is 50.7 Å². The van der Waals surface area contributed by atoms with Gasteiger partial charge in [-0.1, -0.05) is 19.8 Å². The van der Waals surface area contributed by atoms with Crippen LogP contribution in [0.3, 0.4) is 0 Å². The van der Waals surface area contributed by atoms with E-state index in [1.54, 1.807) is 0 Å². The normalized spacial score (nSPS) is 13.4. The third-order valence-corrected chi connectivity index (χ3v) is 0.887. The molecule has 0 aromatic heterocycles. The summed E-state index contributed by atoms with van der Waals surface area (Å²) in [5.41, 5.74) is 0. The van der Waals surface area contributed by atoms with E-state index in [1.165, 1.54) is 0 Å². The molecule has 0 unspecified atom stereocenters. The van der Waals surface area contributed by atoms with E-state index in [2.05, 4.69) is 5.92 Å². The Morgan fingerprint density at radius 3 is 2.25 bits per heavy atom. The fourth-order valence-corrected chi connectivity index (χ4v) is 0.515. The summed E-state index contributed by atoms with van der Waals surface area (Å²) >= 11 is 0. The average Bonchev–Trinajstić information content (AvgIpc) is 1.65. The molecule has 46 valence electrons. The average molecular weight is 112 g/mol. The first kappa shape index (κ1) is 7.52. The summed E-state index contributed by atoms with van der Waals surface area (Å²) in [4.78, 5) is 0. The Bertz CT molecular complexity index is 89.1. The van der Waals surface area contributed by atoms with Crippen LogP contribution in [0, 0.1) is 18.3 Å². The van der Waals surface area contributed by atoms with Crippen LogP contribution in [0.5, 0.6) is 0 Å². The third-order valence-electron chi connectivity index (χ3n) is 0.887. The number of hydrogen-bond donors (Lipinski definition) is 1. The molecule has 1 atom stereocenters. The van der Waals surface area contributed by atoms with E-state index in [0.717, 1.165) is 0 Å². The van der Waals surface area contributed by atoms with Gasteiger partial charge in [0, 0.05) is 0 Å². The molecule has 0 aromatic carbocycles. The lowest BCUT2D eigenvalue weighted by Crippen LogP contribution is -2.05. The summed E-state index contributed by atoms with van der Waals surface area (Å²) in [6.07, 6.45) is 5.08. The third kappa shape index (κ3) is 3.70. The molecule has 1 N–H and O–H groups in total. The van der Waals surface area contributed by atoms with Crippen LogP contribution < -0.4 is 0 Å². The van der Waals surface area contributed by atoms with Gasteiger partial charge in [0.25, 0.3) is 0 Å². The second-order valence-corrected chi connectivity index (χ2v) is 2.31. The summed E-state index contributed by atoms with van der Waals surface area (Å²) in [6.45, 7) is 4.06. The van der Waals surface area contributed by atoms with Gasteiger partial charge >= 0.3 is 0 Å². The molecule has 0 aliphatic carbocycles. The van der Waals surface area contributed by atoms with Crippen LogP contribution in [-0.2, 0) is 0 Å². The lowest BCUT2D eigenvalue weighted by Gasteiger charge is -2.04. The van der Waals surface area contributed by atoms with Gasteiger partial charge in [0.2, 0.25) is 0 Å². The van der Waals surface area contributed by atoms with Gasteiger partial charge in [-0.2, -0.15) is 0 Å². The molecule has 0 bridgehead atoms. The molecular weight excluding hydrogens is 100 g/mol. The minimum atomic E-state index is -0.546. The van der Waals surface area contributed by atoms with E-state index in [9.17, 15) is 0 Å². The standard InChI is InChI=1S/C7H12O/c1-4-7(8)5-6(2)3/h1,6-8H,5H2,2-3H3/t7-/m0/s1. The van der Waals surface area contributed by atoms with Crippen molar-refractivity contribution in [3.05, 3.63) is 0 Å². The van der Waals surface area contributed by atoms with Crippen molar-refractivity contribution in [3.8, 4) is 12.3 Å². The first-order chi connectivity index (χ1) is 3.66. The summed E-state index contributed by atoms with van der Waals surface area (Å²) in [7, 11) is 0. The minimum absolute atomic E-state index is 0.487. The van der Waals surface area contributed by atoms with Gasteiger partial charge in [-0.15, -0.1) is 6.42 Å². The highest BCUT2D eigenvalue weighted by Gasteiger charge is 2.00. The van der Waals surface area contributed by atoms with Crippen molar-refractivity contribution in [2.45, 2.75) is 26.4 Å². The van der Waals surface area contributed by atoms with Crippen LogP contribution in [0.2, 0.25) is 0 Å². The molecule has 0 saturated heterocycles. The van der Waals surface area contributed by atoms with Gasteiger partial charge < -0.3 is 5.11 Å². The van der Waals surface area contributed by atoms with Crippen molar-refractivity contribution in [3.63, 3.8) is 0 Å². The van der Waals surface area contributed by atoms with E-state index >= 15 is 0 Å². The number of rotatable bonds is 2. The SMILES string of the molecule is C#C[C@H](O)CC(C)C. The van der Waals surface area contributed by atoms with Crippen molar-refractivity contribution in [2.75, 3.05) is 0 Å². The van der Waals surface area contributed by atoms with Crippen molar-refractivity contribution >= 4 is 0 Å². The molecule has 0 aromatic rings. The van der Waals surface area contributed by atoms with Crippen LogP contribution in [0.4, 0.5) is 0 Å². The number of aliphatic hydroxyl groups is 1. The van der Waals surface area contributed by atoms with Crippen molar-refractivity contribution in [1.29, 1.82) is 0 Å². The molecule has 0 amide bonds. The predicted octanol–water partition coefficient (Wildman–Crippen LogP) is 1.03. The summed E-state index contributed by atoms with van der Waals surface area (Å²) in [5.74, 6) is 2.74. The zero-order chi connectivity index (χ0) is 6.57. The molecule has 0 heterocycles. The monoisotopic (exact) mass is 112 g/mol. The Kier molecular flexibility index (Phi) is 3.30. The van der Waals surface area contributed by atoms with Crippen LogP contribution in [0.1, 0.15) is 20.3 Å². The topological polar surface area (TPSA) is 20.2 Å². The van der Waals surface area contributed by atoms with E-state index in [1.807, 2.05) is 13.8 Å². The van der Waals surface area contributed by atoms with E-state index in [4.69, 9.17) is 11.5 Å². The lowest BCUT2D eigenvalue weighted by molar-refractivity contribution is 0.204. The molecule has 1 heteroatoms. The van der Waals surface area contributed by atoms with Crippen LogP contribution in [0.25, 0.3) is 0 Å². The van der Waals surface area contributed by atoms with Gasteiger partial charge in [-0.3, -0.25) is 0 Å². The van der Waals surface area contributed by atoms with Crippen molar-refractivity contribution in [1.82, 2.24) is 0 Å². The molecule has 1 nitrogen and oxygen atoms in total. The highest BCUT2D eigenvalue weighted by Crippen LogP contribution is 2.02. The van der Waals surface area contributed by atoms with Gasteiger partial charge in [-0.05, 0) is 12.3 Å². The first-order valence-electron chi connectivity index (χ1n) is 2.81. The van der Waals surface area contributed by atoms with Gasteiger partial charge in [0.05, 0.1) is 0 Å². The zero-order valence-electron chi connectivity index (χ0n) is 5.39. The van der Waals surface area contributed by atoms with E-state index in [0.29, 0.717) is 12.3 Å². The molecule has 0 spiro atoms. The Morgan fingerprint density at radius 1 is 1.62 bits per heavy atom. The number of aliphatic hydroxyl groups excluding tert-OH is 1. The largest absolute Gasteiger partial charge is 0.380 e. The molecule has 0 saturated carbocycles. The van der Waals surface area contributed by atoms with E-state index < -0.39 is 6.10 Å². The predicted molar refractivity (Wildman–Crippen MR) is 34.3 cm³/mol. The second-order valence-electron chi connectivity index (χ2n) is 2.31. The van der Waals surface area contributed by atoms with Crippen LogP contribution >= 0.6 is 0 Å². The van der Waals surface area contributed by atoms with Crippen molar-refractivity contribution in [2.24, 2.45) is 5.92 Å². The first-order valence-corrected chi connectivity index (χ1v) is 2.81. The van der Waals surface area contributed by atoms with Gasteiger partial charge in [-0.25, -0.2) is 0 Å². The Balaban J connectivity index is 3.28. The minimum Gasteiger partial charge on any atom is -0.380 e. The highest BCUT2D eigenvalue weighted by molar-refractivity contribution is 4.93. The highest BCUT2D eigenvalue weighted by atomic mass is 16.3. The smallest absolute Gasteiger partial charge is 0.114 e. The molecular formula is C7H12O. The maximum Gasteiger partial charge on any atom is 0.114 e. The summed E-state index contributed by atoms with van der Waals surface area (Å²) in [6, 6.07) is 0. The zero-order valence-corrected chi connectivity index (χ0v) is 5.39. The molecule has 0 rings (SSSR count). The summed E-state index contributed by atoms with van der Waals surface area (Å²) in [5, 5.41) is 8.79. The molecule has 0 aliphatic rings. The van der Waals surface area contributed by atoms with Gasteiger partial charge in [0.15, 0.2) is 0 Å². The Hall–Kier alpha value is -0.480. The fourth-order valence-electron chi connectivity index (χ4n) is 0.515. The van der Waals surface area contributed by atoms with Gasteiger partial charge in [0.1, 0.15) is 6.10 Å². The molecule has 0 radical (unpaired) electrons. The second kappa shape index (κ2) is 3.51. The lowest BCUT2D eigenvalue weighted by atomic mass is 10.1. The molecule has 0 fully saturated rings. The summed E-state index contributed by atoms with van der Waals surface area (Å²) < 4.78 is 0. The number of hydrogen-bond acceptors (Lipinski definition) is 1. The molecule has 8 heavy (non-hydrogen) atoms. The molecule has 0 aliphatic heterocycles. The number of terminal acetylenes is 1. The van der Waals surface area contributed by atoms with E-state index in [-0.39, 0.29) is 0 Å². The van der Waals surface area contributed by atoms with Crippen LogP contribution in [0.15, 0.2) is 0 Å². The Morgan fingerprint density at radius 2 is 2.12 bits per heavy atom.